The van der Waals surface area contributed by atoms with Gasteiger partial charge in [0.05, 0.1) is 18.0 Å². The first-order valence-corrected chi connectivity index (χ1v) is 7.97. The van der Waals surface area contributed by atoms with E-state index in [1.54, 1.807) is 0 Å². The molecule has 0 aliphatic heterocycles. The number of carbonyl (C=O) groups excluding carboxylic acids is 1. The summed E-state index contributed by atoms with van der Waals surface area (Å²) in [5, 5.41) is 0. The fourth-order valence-electron chi connectivity index (χ4n) is 2.73. The molecule has 1 fully saturated rings. The van der Waals surface area contributed by atoms with E-state index < -0.39 is 0 Å². The largest absolute Gasteiger partial charge is 0.386 e. The zero-order chi connectivity index (χ0) is 13.5. The summed E-state index contributed by atoms with van der Waals surface area (Å²) in [6.45, 7) is 2.23. The van der Waals surface area contributed by atoms with Crippen LogP contribution in [0.2, 0.25) is 0 Å². The maximum atomic E-state index is 12.0. The van der Waals surface area contributed by atoms with Crippen molar-refractivity contribution in [3.05, 3.63) is 30.3 Å². The van der Waals surface area contributed by atoms with Gasteiger partial charge in [-0.3, -0.25) is 4.79 Å². The van der Waals surface area contributed by atoms with E-state index in [4.69, 9.17) is 4.18 Å². The zero-order valence-electron chi connectivity index (χ0n) is 11.5. The van der Waals surface area contributed by atoms with Crippen LogP contribution >= 0.6 is 12.0 Å². The summed E-state index contributed by atoms with van der Waals surface area (Å²) < 4.78 is 5.34. The monoisotopic (exact) mass is 278 g/mol. The lowest BCUT2D eigenvalue weighted by molar-refractivity contribution is -0.138. The highest BCUT2D eigenvalue weighted by molar-refractivity contribution is 7.95. The lowest BCUT2D eigenvalue weighted by atomic mass is 9.80. The minimum atomic E-state index is -0.0381. The molecule has 0 atom stereocenters. The quantitative estimate of drug-likeness (QED) is 0.721. The van der Waals surface area contributed by atoms with Crippen molar-refractivity contribution in [1.82, 2.24) is 0 Å². The smallest absolute Gasteiger partial charge is 0.321 e. The fourth-order valence-corrected chi connectivity index (χ4v) is 3.31. The Morgan fingerprint density at radius 3 is 2.53 bits per heavy atom. The highest BCUT2D eigenvalue weighted by Gasteiger charge is 2.27. The van der Waals surface area contributed by atoms with Crippen LogP contribution in [-0.2, 0) is 8.98 Å². The van der Waals surface area contributed by atoms with Crippen molar-refractivity contribution < 1.29 is 8.98 Å². The second-order valence-electron chi connectivity index (χ2n) is 5.31. The first kappa shape index (κ1) is 14.4. The predicted octanol–water partition coefficient (Wildman–Crippen LogP) is 4.84. The Bertz CT molecular complexity index is 383. The van der Waals surface area contributed by atoms with E-state index in [1.807, 2.05) is 30.3 Å². The number of benzene rings is 1. The van der Waals surface area contributed by atoms with E-state index in [9.17, 15) is 4.79 Å². The maximum absolute atomic E-state index is 12.0. The Hall–Kier alpha value is -0.960. The van der Waals surface area contributed by atoms with Gasteiger partial charge in [-0.2, -0.15) is 0 Å². The van der Waals surface area contributed by atoms with E-state index >= 15 is 0 Å². The lowest BCUT2D eigenvalue weighted by Gasteiger charge is -2.26. The zero-order valence-corrected chi connectivity index (χ0v) is 12.3. The van der Waals surface area contributed by atoms with Crippen LogP contribution in [0.5, 0.6) is 0 Å². The van der Waals surface area contributed by atoms with Gasteiger partial charge >= 0.3 is 5.97 Å². The van der Waals surface area contributed by atoms with E-state index in [0.717, 1.165) is 23.7 Å². The van der Waals surface area contributed by atoms with Gasteiger partial charge in [-0.05, 0) is 43.7 Å². The predicted molar refractivity (Wildman–Crippen MR) is 78.7 cm³/mol. The van der Waals surface area contributed by atoms with Crippen LogP contribution in [-0.4, -0.2) is 5.97 Å². The van der Waals surface area contributed by atoms with Gasteiger partial charge in [0.25, 0.3) is 0 Å². The molecule has 19 heavy (non-hydrogen) atoms. The maximum Gasteiger partial charge on any atom is 0.321 e. The molecular weight excluding hydrogens is 256 g/mol. The molecule has 0 N–H and O–H groups in total. The number of hydrogen-bond acceptors (Lipinski definition) is 3. The van der Waals surface area contributed by atoms with E-state index in [-0.39, 0.29) is 11.9 Å². The minimum Gasteiger partial charge on any atom is -0.386 e. The Kier molecular flexibility index (Phi) is 5.77. The summed E-state index contributed by atoms with van der Waals surface area (Å²) in [4.78, 5) is 13.0. The van der Waals surface area contributed by atoms with E-state index in [2.05, 4.69) is 6.92 Å². The molecule has 0 spiro atoms. The standard InChI is InChI=1S/C16H22O2S/c1-2-6-13-9-11-14(12-10-13)16(17)18-19-15-7-4-3-5-8-15/h3-5,7-8,13-14H,2,6,9-12H2,1H3. The summed E-state index contributed by atoms with van der Waals surface area (Å²) in [5.41, 5.74) is 0. The second-order valence-corrected chi connectivity index (χ2v) is 6.11. The van der Waals surface area contributed by atoms with Gasteiger partial charge in [0.1, 0.15) is 0 Å². The van der Waals surface area contributed by atoms with Gasteiger partial charge in [0.15, 0.2) is 0 Å². The van der Waals surface area contributed by atoms with Crippen LogP contribution in [0, 0.1) is 11.8 Å². The van der Waals surface area contributed by atoms with Crippen LogP contribution < -0.4 is 0 Å². The average Bonchev–Trinajstić information content (AvgIpc) is 2.47. The molecule has 1 saturated carbocycles. The first-order valence-electron chi connectivity index (χ1n) is 7.23. The van der Waals surface area contributed by atoms with Crippen LogP contribution in [0.3, 0.4) is 0 Å². The molecule has 1 aliphatic carbocycles. The molecule has 1 aromatic carbocycles. The third-order valence-corrected chi connectivity index (χ3v) is 4.55. The Labute approximate surface area is 120 Å². The van der Waals surface area contributed by atoms with E-state index in [0.29, 0.717) is 0 Å². The molecule has 0 saturated heterocycles. The third kappa shape index (κ3) is 4.57. The van der Waals surface area contributed by atoms with Crippen molar-refractivity contribution in [3.63, 3.8) is 0 Å². The normalized spacial score (nSPS) is 23.0. The summed E-state index contributed by atoms with van der Waals surface area (Å²) in [7, 11) is 0. The van der Waals surface area contributed by atoms with Crippen molar-refractivity contribution >= 4 is 18.0 Å². The summed E-state index contributed by atoms with van der Waals surface area (Å²) in [6, 6.07) is 9.77. The average molecular weight is 278 g/mol. The van der Waals surface area contributed by atoms with Gasteiger partial charge in [-0.25, -0.2) is 0 Å². The number of hydrogen-bond donors (Lipinski definition) is 0. The minimum absolute atomic E-state index is 0.0381. The molecule has 0 unspecified atom stereocenters. The molecule has 1 aliphatic rings. The molecule has 0 aromatic heterocycles. The highest BCUT2D eigenvalue weighted by Crippen LogP contribution is 2.33. The number of carbonyl (C=O) groups is 1. The third-order valence-electron chi connectivity index (χ3n) is 3.84. The Morgan fingerprint density at radius 2 is 1.89 bits per heavy atom. The molecule has 0 amide bonds. The van der Waals surface area contributed by atoms with Crippen molar-refractivity contribution in [3.8, 4) is 0 Å². The van der Waals surface area contributed by atoms with Gasteiger partial charge in [-0.1, -0.05) is 38.0 Å². The molecule has 0 bridgehead atoms. The Morgan fingerprint density at radius 1 is 1.21 bits per heavy atom. The van der Waals surface area contributed by atoms with Gasteiger partial charge < -0.3 is 4.18 Å². The highest BCUT2D eigenvalue weighted by atomic mass is 32.2. The lowest BCUT2D eigenvalue weighted by Crippen LogP contribution is -2.22. The van der Waals surface area contributed by atoms with E-state index in [1.165, 1.54) is 37.7 Å². The first-order chi connectivity index (χ1) is 9.29. The molecule has 104 valence electrons. The van der Waals surface area contributed by atoms with Crippen molar-refractivity contribution in [2.75, 3.05) is 0 Å². The van der Waals surface area contributed by atoms with Crippen LogP contribution in [0.4, 0.5) is 0 Å². The topological polar surface area (TPSA) is 26.3 Å². The van der Waals surface area contributed by atoms with Crippen molar-refractivity contribution in [1.29, 1.82) is 0 Å². The molecule has 2 nitrogen and oxygen atoms in total. The summed E-state index contributed by atoms with van der Waals surface area (Å²) in [5.74, 6) is 0.906. The molecule has 0 heterocycles. The van der Waals surface area contributed by atoms with Gasteiger partial charge in [0, 0.05) is 4.90 Å². The second kappa shape index (κ2) is 7.59. The molecule has 2 rings (SSSR count). The molecule has 0 radical (unpaired) electrons. The van der Waals surface area contributed by atoms with Crippen LogP contribution in [0.1, 0.15) is 45.4 Å². The van der Waals surface area contributed by atoms with Gasteiger partial charge in [0.2, 0.25) is 0 Å². The fraction of sp³-hybridized carbons (Fsp3) is 0.562. The van der Waals surface area contributed by atoms with Gasteiger partial charge in [-0.15, -0.1) is 0 Å². The van der Waals surface area contributed by atoms with Crippen LogP contribution in [0.25, 0.3) is 0 Å². The van der Waals surface area contributed by atoms with Crippen molar-refractivity contribution in [2.45, 2.75) is 50.3 Å². The summed E-state index contributed by atoms with van der Waals surface area (Å²) >= 11 is 1.18. The Balaban J connectivity index is 1.73. The van der Waals surface area contributed by atoms with Crippen molar-refractivity contribution in [2.24, 2.45) is 11.8 Å². The molecular formula is C16H22O2S. The SMILES string of the molecule is CCCC1CCC(C(=O)OSc2ccccc2)CC1. The molecule has 1 aromatic rings. The number of rotatable bonds is 5. The molecule has 3 heteroatoms. The summed E-state index contributed by atoms with van der Waals surface area (Å²) in [6.07, 6.45) is 6.93. The van der Waals surface area contributed by atoms with Crippen LogP contribution in [0.15, 0.2) is 35.2 Å².